The second-order valence-electron chi connectivity index (χ2n) is 5.55. The van der Waals surface area contributed by atoms with Gasteiger partial charge < -0.3 is 50.0 Å². The molecule has 0 saturated carbocycles. The molecule has 0 aromatic rings. The van der Waals surface area contributed by atoms with Gasteiger partial charge in [0.2, 0.25) is 0 Å². The van der Waals surface area contributed by atoms with Crippen molar-refractivity contribution in [1.82, 2.24) is 0 Å². The Morgan fingerprint density at radius 1 is 0.870 bits per heavy atom. The molecule has 11 heteroatoms. The van der Waals surface area contributed by atoms with Crippen LogP contribution >= 0.6 is 0 Å². The van der Waals surface area contributed by atoms with Gasteiger partial charge in [-0.3, -0.25) is 0 Å². The fraction of sp³-hybridized carbons (Fsp3) is 0.917. The first kappa shape index (κ1) is 18.4. The highest BCUT2D eigenvalue weighted by Crippen LogP contribution is 2.28. The number of carbonyl (C=O) groups is 1. The molecule has 2 heterocycles. The molecule has 2 unspecified atom stereocenters. The van der Waals surface area contributed by atoms with Crippen molar-refractivity contribution in [3.05, 3.63) is 0 Å². The number of carboxylic acids is 1. The molecule has 2 saturated heterocycles. The van der Waals surface area contributed by atoms with E-state index < -0.39 is 67.4 Å². The Labute approximate surface area is 130 Å². The van der Waals surface area contributed by atoms with E-state index in [0.29, 0.717) is 0 Å². The van der Waals surface area contributed by atoms with Gasteiger partial charge in [-0.25, -0.2) is 4.79 Å². The molecule has 0 aliphatic carbocycles. The molecule has 11 nitrogen and oxygen atoms in total. The summed E-state index contributed by atoms with van der Waals surface area (Å²) < 4.78 is 14.9. The van der Waals surface area contributed by atoms with Crippen LogP contribution in [0.25, 0.3) is 0 Å². The summed E-state index contributed by atoms with van der Waals surface area (Å²) >= 11 is 0. The minimum absolute atomic E-state index is 0.926. The minimum atomic E-state index is -1.89. The maximum absolute atomic E-state index is 11.0. The van der Waals surface area contributed by atoms with Crippen LogP contribution in [0.3, 0.4) is 0 Å². The lowest BCUT2D eigenvalue weighted by molar-refractivity contribution is -0.348. The Kier molecular flexibility index (Phi) is 5.56. The van der Waals surface area contributed by atoms with Gasteiger partial charge in [-0.2, -0.15) is 0 Å². The van der Waals surface area contributed by atoms with Crippen LogP contribution in [0.5, 0.6) is 0 Å². The molecule has 134 valence electrons. The molecule has 0 amide bonds. The van der Waals surface area contributed by atoms with E-state index in [2.05, 4.69) is 0 Å². The van der Waals surface area contributed by atoms with E-state index in [9.17, 15) is 35.4 Å². The van der Waals surface area contributed by atoms with Crippen LogP contribution in [0.1, 0.15) is 6.92 Å². The molecule has 2 fully saturated rings. The van der Waals surface area contributed by atoms with Gasteiger partial charge in [0.05, 0.1) is 6.10 Å². The highest BCUT2D eigenvalue weighted by molar-refractivity contribution is 5.73. The van der Waals surface area contributed by atoms with Crippen molar-refractivity contribution in [2.24, 2.45) is 0 Å². The molecule has 0 aromatic heterocycles. The van der Waals surface area contributed by atoms with Gasteiger partial charge in [0, 0.05) is 0 Å². The fourth-order valence-corrected chi connectivity index (χ4v) is 2.49. The standard InChI is InChI=1S/C12H20O11/c1-2-3(13)8(7(17)11(20)21-2)22-12-6(16)4(14)5(15)9(23-12)10(18)19/h2-9,11-17,20H,1H3,(H,18,19)/t2-,3-,4-,5-,6+,7+,8+,9-,11?,12?/m0/s1. The number of carboxylic acid groups (broad SMARTS) is 1. The summed E-state index contributed by atoms with van der Waals surface area (Å²) in [7, 11) is 0. The molecule has 7 N–H and O–H groups in total. The van der Waals surface area contributed by atoms with Crippen LogP contribution in [0.2, 0.25) is 0 Å². The third-order valence-electron chi connectivity index (χ3n) is 3.90. The van der Waals surface area contributed by atoms with Gasteiger partial charge in [-0.15, -0.1) is 0 Å². The maximum Gasteiger partial charge on any atom is 0.335 e. The summed E-state index contributed by atoms with van der Waals surface area (Å²) in [6.45, 7) is 1.40. The first-order chi connectivity index (χ1) is 10.6. The molecule has 10 atom stereocenters. The van der Waals surface area contributed by atoms with Crippen molar-refractivity contribution in [3.8, 4) is 0 Å². The highest BCUT2D eigenvalue weighted by Gasteiger charge is 2.51. The molecule has 2 rings (SSSR count). The van der Waals surface area contributed by atoms with Crippen molar-refractivity contribution >= 4 is 5.97 Å². The van der Waals surface area contributed by atoms with Gasteiger partial charge in [0.1, 0.15) is 36.6 Å². The first-order valence-electron chi connectivity index (χ1n) is 6.92. The number of aliphatic hydroxyl groups is 6. The SMILES string of the molecule is C[C@@H]1OC(O)[C@H](O)[C@H](OC2O[C@H](C(=O)O)[C@@H](O)[C@H](O)[C@H]2O)[C@H]1O. The fourth-order valence-electron chi connectivity index (χ4n) is 2.49. The van der Waals surface area contributed by atoms with E-state index in [-0.39, 0.29) is 0 Å². The van der Waals surface area contributed by atoms with Crippen LogP contribution in [0.15, 0.2) is 0 Å². The summed E-state index contributed by atoms with van der Waals surface area (Å²) in [5.74, 6) is -1.60. The van der Waals surface area contributed by atoms with Crippen molar-refractivity contribution in [3.63, 3.8) is 0 Å². The Morgan fingerprint density at radius 3 is 2.04 bits per heavy atom. The van der Waals surface area contributed by atoms with Gasteiger partial charge in [0.15, 0.2) is 18.7 Å². The summed E-state index contributed by atoms with van der Waals surface area (Å²) in [4.78, 5) is 11.0. The van der Waals surface area contributed by atoms with E-state index in [4.69, 9.17) is 19.3 Å². The second-order valence-corrected chi connectivity index (χ2v) is 5.55. The van der Waals surface area contributed by atoms with Crippen LogP contribution in [0.4, 0.5) is 0 Å². The van der Waals surface area contributed by atoms with Crippen molar-refractivity contribution in [1.29, 1.82) is 0 Å². The zero-order chi connectivity index (χ0) is 17.5. The number of rotatable bonds is 3. The van der Waals surface area contributed by atoms with Gasteiger partial charge in [0.25, 0.3) is 0 Å². The van der Waals surface area contributed by atoms with Crippen molar-refractivity contribution < 1.29 is 54.8 Å². The zero-order valence-corrected chi connectivity index (χ0v) is 12.0. The Balaban J connectivity index is 2.15. The molecule has 23 heavy (non-hydrogen) atoms. The lowest BCUT2D eigenvalue weighted by atomic mass is 9.97. The van der Waals surface area contributed by atoms with E-state index >= 15 is 0 Å². The van der Waals surface area contributed by atoms with Crippen LogP contribution in [0, 0.1) is 0 Å². The third-order valence-corrected chi connectivity index (χ3v) is 3.90. The highest BCUT2D eigenvalue weighted by atomic mass is 16.7. The molecular formula is C12H20O11. The molecule has 0 bridgehead atoms. The topological polar surface area (TPSA) is 186 Å². The lowest BCUT2D eigenvalue weighted by Crippen LogP contribution is -2.64. The molecular weight excluding hydrogens is 320 g/mol. The monoisotopic (exact) mass is 340 g/mol. The average molecular weight is 340 g/mol. The lowest BCUT2D eigenvalue weighted by Gasteiger charge is -2.44. The first-order valence-corrected chi connectivity index (χ1v) is 6.92. The number of aliphatic hydroxyl groups excluding tert-OH is 6. The van der Waals surface area contributed by atoms with E-state index in [1.54, 1.807) is 0 Å². The summed E-state index contributed by atoms with van der Waals surface area (Å²) in [5, 5.41) is 67.3. The number of hydrogen-bond acceptors (Lipinski definition) is 10. The van der Waals surface area contributed by atoms with Crippen LogP contribution in [-0.4, -0.2) is 103 Å². The molecule has 2 aliphatic heterocycles. The number of hydrogen-bond donors (Lipinski definition) is 7. The summed E-state index contributed by atoms with van der Waals surface area (Å²) in [6, 6.07) is 0. The molecule has 0 aromatic carbocycles. The van der Waals surface area contributed by atoms with Crippen molar-refractivity contribution in [2.45, 2.75) is 68.3 Å². The predicted octanol–water partition coefficient (Wildman–Crippen LogP) is -4.28. The third kappa shape index (κ3) is 3.47. The molecule has 2 aliphatic rings. The quantitative estimate of drug-likeness (QED) is 0.263. The van der Waals surface area contributed by atoms with Crippen molar-refractivity contribution in [2.75, 3.05) is 0 Å². The van der Waals surface area contributed by atoms with Crippen LogP contribution < -0.4 is 0 Å². The number of ether oxygens (including phenoxy) is 3. The van der Waals surface area contributed by atoms with E-state index in [1.165, 1.54) is 6.92 Å². The Hall–Kier alpha value is -0.890. The normalized spacial score (nSPS) is 51.4. The second kappa shape index (κ2) is 6.93. The Morgan fingerprint density at radius 2 is 1.48 bits per heavy atom. The van der Waals surface area contributed by atoms with Crippen LogP contribution in [-0.2, 0) is 19.0 Å². The summed E-state index contributed by atoms with van der Waals surface area (Å²) in [5.41, 5.74) is 0. The summed E-state index contributed by atoms with van der Waals surface area (Å²) in [6.07, 6.45) is -16.5. The van der Waals surface area contributed by atoms with Gasteiger partial charge >= 0.3 is 5.97 Å². The number of aliphatic carboxylic acids is 1. The minimum Gasteiger partial charge on any atom is -0.479 e. The maximum atomic E-state index is 11.0. The molecule has 0 spiro atoms. The van der Waals surface area contributed by atoms with E-state index in [0.717, 1.165) is 0 Å². The smallest absolute Gasteiger partial charge is 0.335 e. The van der Waals surface area contributed by atoms with E-state index in [1.807, 2.05) is 0 Å². The Bertz CT molecular complexity index is 417. The van der Waals surface area contributed by atoms with Gasteiger partial charge in [-0.05, 0) is 6.92 Å². The molecule has 0 radical (unpaired) electrons. The largest absolute Gasteiger partial charge is 0.479 e. The predicted molar refractivity (Wildman–Crippen MR) is 67.8 cm³/mol. The zero-order valence-electron chi connectivity index (χ0n) is 12.0. The van der Waals surface area contributed by atoms with Gasteiger partial charge in [-0.1, -0.05) is 0 Å². The average Bonchev–Trinajstić information content (AvgIpc) is 2.49.